The number of carbonyl (C=O) groups excluding carboxylic acids is 2. The molecule has 1 unspecified atom stereocenters. The number of amides is 2. The molecule has 0 radical (unpaired) electrons. The highest BCUT2D eigenvalue weighted by molar-refractivity contribution is 7.12. The largest absolute Gasteiger partial charge is 0.352 e. The van der Waals surface area contributed by atoms with Gasteiger partial charge in [-0.2, -0.15) is 0 Å². The first-order valence-corrected chi connectivity index (χ1v) is 14.5. The molecule has 1 aromatic carbocycles. The maximum atomic E-state index is 13.7. The Kier molecular flexibility index (Phi) is 9.51. The van der Waals surface area contributed by atoms with Crippen molar-refractivity contribution in [2.24, 2.45) is 11.7 Å². The van der Waals surface area contributed by atoms with Gasteiger partial charge in [0.05, 0.1) is 9.80 Å². The van der Waals surface area contributed by atoms with Gasteiger partial charge in [0.15, 0.2) is 0 Å². The summed E-state index contributed by atoms with van der Waals surface area (Å²) in [6.45, 7) is 6.29. The Morgan fingerprint density at radius 3 is 2.47 bits per heavy atom. The number of non-ortho nitro benzene ring substituents is 1. The highest BCUT2D eigenvalue weighted by atomic mass is 32.1. The number of nitrogens with two attached hydrogens (primary N) is 1. The number of hydrogen-bond donors (Lipinski definition) is 2. The molecule has 9 nitrogen and oxygen atoms in total. The lowest BCUT2D eigenvalue weighted by molar-refractivity contribution is -0.384. The second-order valence-electron chi connectivity index (χ2n) is 11.0. The van der Waals surface area contributed by atoms with E-state index < -0.39 is 6.04 Å². The molecule has 1 aliphatic heterocycles. The summed E-state index contributed by atoms with van der Waals surface area (Å²) < 4.78 is 0. The number of rotatable bonds is 9. The van der Waals surface area contributed by atoms with E-state index in [-0.39, 0.29) is 40.6 Å². The van der Waals surface area contributed by atoms with Gasteiger partial charge in [0.2, 0.25) is 5.91 Å². The Morgan fingerprint density at radius 2 is 1.87 bits per heavy atom. The summed E-state index contributed by atoms with van der Waals surface area (Å²) in [5.41, 5.74) is 7.13. The Morgan fingerprint density at radius 1 is 1.16 bits per heavy atom. The maximum absolute atomic E-state index is 13.7. The van der Waals surface area contributed by atoms with Crippen LogP contribution in [0.5, 0.6) is 0 Å². The zero-order valence-electron chi connectivity index (χ0n) is 22.3. The molecular formula is C28H39N5O4S. The zero-order chi connectivity index (χ0) is 27.2. The number of nitro benzene ring substituents is 1. The van der Waals surface area contributed by atoms with Crippen LogP contribution in [0.4, 0.5) is 5.69 Å². The standard InChI is InChI=1S/C28H39N5O4S/c1-19(2)17-31(18-20-5-11-23(12-6-20)33(36)37)24-13-14-32(28(35)26-4-3-15-38-26)25(16-24)27(34)30-22-9-7-21(29)8-10-22/h3-6,11-12,15,19,21-22,24-25H,7-10,13-14,16-18,29H2,1-2H3,(H,30,34)/t21?,22?,24?,25-/m1/s1. The number of nitro groups is 1. The third-order valence-corrected chi connectivity index (χ3v) is 8.50. The molecule has 2 aromatic rings. The van der Waals surface area contributed by atoms with Gasteiger partial charge in [-0.1, -0.05) is 32.0 Å². The number of piperidine rings is 1. The van der Waals surface area contributed by atoms with Crippen molar-refractivity contribution < 1.29 is 14.5 Å². The van der Waals surface area contributed by atoms with E-state index in [2.05, 4.69) is 24.1 Å². The summed E-state index contributed by atoms with van der Waals surface area (Å²) in [5, 5.41) is 16.2. The molecule has 2 aliphatic rings. The van der Waals surface area contributed by atoms with Gasteiger partial charge < -0.3 is 16.0 Å². The monoisotopic (exact) mass is 541 g/mol. The maximum Gasteiger partial charge on any atom is 0.269 e. The van der Waals surface area contributed by atoms with Crippen LogP contribution in [0.2, 0.25) is 0 Å². The van der Waals surface area contributed by atoms with Gasteiger partial charge in [0.25, 0.3) is 11.6 Å². The van der Waals surface area contributed by atoms with E-state index in [4.69, 9.17) is 5.73 Å². The molecule has 4 rings (SSSR count). The number of carbonyl (C=O) groups is 2. The van der Waals surface area contributed by atoms with Crippen LogP contribution in [0.25, 0.3) is 0 Å². The van der Waals surface area contributed by atoms with Gasteiger partial charge in [-0.25, -0.2) is 0 Å². The van der Waals surface area contributed by atoms with E-state index in [0.29, 0.717) is 30.3 Å². The number of likely N-dealkylation sites (tertiary alicyclic amines) is 1. The molecule has 2 heterocycles. The van der Waals surface area contributed by atoms with E-state index in [1.54, 1.807) is 17.0 Å². The van der Waals surface area contributed by atoms with E-state index in [0.717, 1.165) is 44.2 Å². The Hall–Kier alpha value is -2.82. The van der Waals surface area contributed by atoms with Crippen LogP contribution >= 0.6 is 11.3 Å². The van der Waals surface area contributed by atoms with Crippen molar-refractivity contribution in [1.29, 1.82) is 0 Å². The quantitative estimate of drug-likeness (QED) is 0.363. The fourth-order valence-corrected chi connectivity index (χ4v) is 6.32. The molecule has 0 bridgehead atoms. The Labute approximate surface area is 228 Å². The van der Waals surface area contributed by atoms with E-state index in [9.17, 15) is 19.7 Å². The predicted octanol–water partition coefficient (Wildman–Crippen LogP) is 4.17. The van der Waals surface area contributed by atoms with Gasteiger partial charge in [-0.3, -0.25) is 24.6 Å². The van der Waals surface area contributed by atoms with Crippen molar-refractivity contribution >= 4 is 28.8 Å². The van der Waals surface area contributed by atoms with Gasteiger partial charge in [0, 0.05) is 49.9 Å². The lowest BCUT2D eigenvalue weighted by atomic mass is 9.90. The van der Waals surface area contributed by atoms with Gasteiger partial charge >= 0.3 is 0 Å². The number of thiophene rings is 1. The number of hydrogen-bond acceptors (Lipinski definition) is 7. The van der Waals surface area contributed by atoms with Crippen LogP contribution in [0.1, 0.15) is 67.6 Å². The van der Waals surface area contributed by atoms with Gasteiger partial charge in [-0.15, -0.1) is 11.3 Å². The van der Waals surface area contributed by atoms with Gasteiger partial charge in [-0.05, 0) is 61.5 Å². The van der Waals surface area contributed by atoms with Crippen molar-refractivity contribution in [2.45, 2.75) is 83.1 Å². The predicted molar refractivity (Wildman–Crippen MR) is 149 cm³/mol. The lowest BCUT2D eigenvalue weighted by Crippen LogP contribution is -2.58. The van der Waals surface area contributed by atoms with Crippen LogP contribution in [0.3, 0.4) is 0 Å². The first-order chi connectivity index (χ1) is 18.2. The van der Waals surface area contributed by atoms with E-state index in [1.807, 2.05) is 17.5 Å². The average Bonchev–Trinajstić information content (AvgIpc) is 3.44. The zero-order valence-corrected chi connectivity index (χ0v) is 23.1. The second-order valence-corrected chi connectivity index (χ2v) is 12.0. The molecule has 1 saturated heterocycles. The van der Waals surface area contributed by atoms with Crippen LogP contribution in [0, 0.1) is 16.0 Å². The minimum Gasteiger partial charge on any atom is -0.352 e. The van der Waals surface area contributed by atoms with Crippen molar-refractivity contribution in [3.8, 4) is 0 Å². The molecule has 2 atom stereocenters. The molecule has 206 valence electrons. The van der Waals surface area contributed by atoms with Crippen molar-refractivity contribution in [2.75, 3.05) is 13.1 Å². The molecule has 3 N–H and O–H groups in total. The summed E-state index contributed by atoms with van der Waals surface area (Å²) in [7, 11) is 0. The molecule has 2 fully saturated rings. The number of nitrogens with one attached hydrogen (secondary N) is 1. The molecule has 1 saturated carbocycles. The van der Waals surface area contributed by atoms with Crippen LogP contribution < -0.4 is 11.1 Å². The summed E-state index contributed by atoms with van der Waals surface area (Å²) >= 11 is 1.40. The molecular weight excluding hydrogens is 502 g/mol. The minimum absolute atomic E-state index is 0.0740. The van der Waals surface area contributed by atoms with Crippen LogP contribution in [-0.4, -0.2) is 63.8 Å². The smallest absolute Gasteiger partial charge is 0.269 e. The van der Waals surface area contributed by atoms with Crippen molar-refractivity contribution in [3.05, 3.63) is 62.3 Å². The van der Waals surface area contributed by atoms with Gasteiger partial charge in [0.1, 0.15) is 6.04 Å². The lowest BCUT2D eigenvalue weighted by Gasteiger charge is -2.43. The van der Waals surface area contributed by atoms with E-state index in [1.165, 1.54) is 23.5 Å². The molecule has 38 heavy (non-hydrogen) atoms. The third-order valence-electron chi connectivity index (χ3n) is 7.64. The fraction of sp³-hybridized carbons (Fsp3) is 0.571. The number of benzene rings is 1. The average molecular weight is 542 g/mol. The normalized spacial score (nSPS) is 24.0. The molecule has 2 amide bonds. The molecule has 1 aliphatic carbocycles. The van der Waals surface area contributed by atoms with Crippen molar-refractivity contribution in [1.82, 2.24) is 15.1 Å². The number of nitrogens with zero attached hydrogens (tertiary/aromatic N) is 3. The SMILES string of the molecule is CC(C)CN(Cc1ccc([N+](=O)[O-])cc1)C1CCN(C(=O)c2cccs2)[C@@H](C(=O)NC2CCC(N)CC2)C1. The summed E-state index contributed by atoms with van der Waals surface area (Å²) in [6, 6.07) is 10.2. The molecule has 1 aromatic heterocycles. The minimum atomic E-state index is -0.550. The summed E-state index contributed by atoms with van der Waals surface area (Å²) in [5.74, 6) is 0.229. The highest BCUT2D eigenvalue weighted by Gasteiger charge is 2.39. The fourth-order valence-electron chi connectivity index (χ4n) is 5.64. The Balaban J connectivity index is 1.52. The molecule has 0 spiro atoms. The van der Waals surface area contributed by atoms with Crippen LogP contribution in [-0.2, 0) is 11.3 Å². The van der Waals surface area contributed by atoms with E-state index >= 15 is 0 Å². The summed E-state index contributed by atoms with van der Waals surface area (Å²) in [4.78, 5) is 42.5. The Bertz CT molecular complexity index is 1080. The second kappa shape index (κ2) is 12.8. The first-order valence-electron chi connectivity index (χ1n) is 13.6. The molecule has 10 heteroatoms. The van der Waals surface area contributed by atoms with Crippen molar-refractivity contribution in [3.63, 3.8) is 0 Å². The topological polar surface area (TPSA) is 122 Å². The third kappa shape index (κ3) is 7.18. The first kappa shape index (κ1) is 28.2. The highest BCUT2D eigenvalue weighted by Crippen LogP contribution is 2.28. The van der Waals surface area contributed by atoms with Crippen LogP contribution in [0.15, 0.2) is 41.8 Å². The summed E-state index contributed by atoms with van der Waals surface area (Å²) in [6.07, 6.45) is 4.83.